The van der Waals surface area contributed by atoms with E-state index < -0.39 is 9.84 Å². The Balaban J connectivity index is 2.15. The summed E-state index contributed by atoms with van der Waals surface area (Å²) in [6.07, 6.45) is 1.93. The van der Waals surface area contributed by atoms with Crippen molar-refractivity contribution in [2.24, 2.45) is 11.8 Å². The van der Waals surface area contributed by atoms with Crippen molar-refractivity contribution < 1.29 is 8.42 Å². The van der Waals surface area contributed by atoms with Gasteiger partial charge in [-0.05, 0) is 60.1 Å². The van der Waals surface area contributed by atoms with E-state index in [0.29, 0.717) is 21.6 Å². The predicted molar refractivity (Wildman–Crippen MR) is 94.4 cm³/mol. The third kappa shape index (κ3) is 2.94. The maximum Gasteiger partial charge on any atom is 0.207 e. The number of fused-ring (bicyclic) bond motifs is 3. The van der Waals surface area contributed by atoms with Gasteiger partial charge in [-0.25, -0.2) is 8.42 Å². The summed E-state index contributed by atoms with van der Waals surface area (Å²) in [4.78, 5) is 0.920. The van der Waals surface area contributed by atoms with E-state index in [9.17, 15) is 8.42 Å². The summed E-state index contributed by atoms with van der Waals surface area (Å²) in [5.41, 5.74) is 4.17. The lowest BCUT2D eigenvalue weighted by Crippen LogP contribution is -1.98. The maximum atomic E-state index is 12.7. The van der Waals surface area contributed by atoms with Crippen molar-refractivity contribution in [3.63, 3.8) is 0 Å². The second-order valence-electron chi connectivity index (χ2n) is 7.36. The molecule has 0 N–H and O–H groups in total. The second-order valence-corrected chi connectivity index (χ2v) is 9.25. The van der Waals surface area contributed by atoms with Crippen LogP contribution in [0.15, 0.2) is 46.2 Å². The Kier molecular flexibility index (Phi) is 4.09. The van der Waals surface area contributed by atoms with Gasteiger partial charge >= 0.3 is 0 Å². The Bertz CT molecular complexity index is 780. The van der Waals surface area contributed by atoms with Crippen molar-refractivity contribution in [3.8, 4) is 11.1 Å². The molecule has 0 fully saturated rings. The van der Waals surface area contributed by atoms with Crippen molar-refractivity contribution in [2.75, 3.05) is 0 Å². The molecule has 122 valence electrons. The molecular weight excluding hydrogens is 304 g/mol. The van der Waals surface area contributed by atoms with Gasteiger partial charge < -0.3 is 0 Å². The lowest BCUT2D eigenvalue weighted by atomic mass is 9.95. The number of hydrogen-bond donors (Lipinski definition) is 0. The van der Waals surface area contributed by atoms with E-state index in [4.69, 9.17) is 0 Å². The lowest BCUT2D eigenvalue weighted by Gasteiger charge is -2.09. The molecule has 0 spiro atoms. The van der Waals surface area contributed by atoms with Crippen molar-refractivity contribution in [1.82, 2.24) is 0 Å². The Morgan fingerprint density at radius 2 is 1.13 bits per heavy atom. The Hall–Kier alpha value is -1.61. The van der Waals surface area contributed by atoms with E-state index in [1.54, 1.807) is 12.1 Å². The molecule has 0 saturated heterocycles. The van der Waals surface area contributed by atoms with Gasteiger partial charge in [0.25, 0.3) is 0 Å². The molecule has 0 aliphatic carbocycles. The van der Waals surface area contributed by atoms with Gasteiger partial charge in [-0.1, -0.05) is 39.8 Å². The summed E-state index contributed by atoms with van der Waals surface area (Å²) >= 11 is 0. The van der Waals surface area contributed by atoms with Crippen LogP contribution < -0.4 is 0 Å². The fourth-order valence-corrected chi connectivity index (χ4v) is 5.01. The summed E-state index contributed by atoms with van der Waals surface area (Å²) in [5, 5.41) is 0. The largest absolute Gasteiger partial charge is 0.218 e. The molecule has 0 atom stereocenters. The van der Waals surface area contributed by atoms with Crippen molar-refractivity contribution in [3.05, 3.63) is 47.5 Å². The van der Waals surface area contributed by atoms with Crippen LogP contribution in [0, 0.1) is 11.8 Å². The number of rotatable bonds is 4. The molecule has 0 bridgehead atoms. The normalized spacial score (nSPS) is 15.0. The number of sulfone groups is 1. The van der Waals surface area contributed by atoms with Crippen LogP contribution in [0.5, 0.6) is 0 Å². The smallest absolute Gasteiger partial charge is 0.207 e. The SMILES string of the molecule is CC(C)Cc1ccc2c(c1)-c1cc(CC(C)C)ccc1S2(=O)=O. The van der Waals surface area contributed by atoms with Crippen LogP contribution in [0.25, 0.3) is 11.1 Å². The molecule has 0 unspecified atom stereocenters. The highest BCUT2D eigenvalue weighted by Gasteiger charge is 2.33. The molecule has 2 aromatic rings. The Morgan fingerprint density at radius 1 is 0.739 bits per heavy atom. The first-order valence-electron chi connectivity index (χ1n) is 8.30. The topological polar surface area (TPSA) is 34.1 Å². The molecule has 0 radical (unpaired) electrons. The van der Waals surface area contributed by atoms with Gasteiger partial charge in [0, 0.05) is 11.1 Å². The zero-order valence-electron chi connectivity index (χ0n) is 14.3. The average molecular weight is 328 g/mol. The van der Waals surface area contributed by atoms with Crippen LogP contribution in [0.4, 0.5) is 0 Å². The van der Waals surface area contributed by atoms with Crippen LogP contribution in [0.3, 0.4) is 0 Å². The van der Waals surface area contributed by atoms with Crippen LogP contribution >= 0.6 is 0 Å². The fraction of sp³-hybridized carbons (Fsp3) is 0.400. The zero-order valence-corrected chi connectivity index (χ0v) is 15.1. The highest BCUT2D eigenvalue weighted by atomic mass is 32.2. The average Bonchev–Trinajstić information content (AvgIpc) is 2.66. The molecule has 1 heterocycles. The molecule has 23 heavy (non-hydrogen) atoms. The van der Waals surface area contributed by atoms with Crippen LogP contribution in [-0.2, 0) is 22.7 Å². The highest BCUT2D eigenvalue weighted by molar-refractivity contribution is 7.92. The van der Waals surface area contributed by atoms with Gasteiger partial charge in [0.15, 0.2) is 0 Å². The third-order valence-electron chi connectivity index (χ3n) is 4.25. The first kappa shape index (κ1) is 16.3. The molecule has 2 aromatic carbocycles. The molecule has 2 nitrogen and oxygen atoms in total. The minimum Gasteiger partial charge on any atom is -0.218 e. The Labute approximate surface area is 139 Å². The second kappa shape index (κ2) is 5.79. The molecule has 1 aliphatic heterocycles. The van der Waals surface area contributed by atoms with Crippen LogP contribution in [0.1, 0.15) is 38.8 Å². The van der Waals surface area contributed by atoms with Gasteiger partial charge in [0.05, 0.1) is 9.79 Å². The number of hydrogen-bond acceptors (Lipinski definition) is 2. The molecule has 3 heteroatoms. The molecule has 0 aromatic heterocycles. The molecular formula is C20H24O2S. The maximum absolute atomic E-state index is 12.7. The molecule has 0 amide bonds. The summed E-state index contributed by atoms with van der Waals surface area (Å²) in [6, 6.07) is 11.6. The van der Waals surface area contributed by atoms with Crippen LogP contribution in [0.2, 0.25) is 0 Å². The van der Waals surface area contributed by atoms with E-state index in [1.165, 1.54) is 11.1 Å². The zero-order chi connectivity index (χ0) is 16.8. The van der Waals surface area contributed by atoms with Gasteiger partial charge in [0.2, 0.25) is 9.84 Å². The minimum atomic E-state index is -3.36. The summed E-state index contributed by atoms with van der Waals surface area (Å²) in [7, 11) is -3.36. The van der Waals surface area contributed by atoms with E-state index in [1.807, 2.05) is 12.1 Å². The van der Waals surface area contributed by atoms with Crippen molar-refractivity contribution in [2.45, 2.75) is 50.3 Å². The van der Waals surface area contributed by atoms with E-state index >= 15 is 0 Å². The van der Waals surface area contributed by atoms with Gasteiger partial charge in [0.1, 0.15) is 0 Å². The van der Waals surface area contributed by atoms with Gasteiger partial charge in [-0.3, -0.25) is 0 Å². The fourth-order valence-electron chi connectivity index (χ4n) is 3.36. The number of benzene rings is 2. The standard InChI is InChI=1S/C20H24O2S/c1-13(2)9-15-5-7-19-17(11-15)18-12-16(10-14(3)4)6-8-20(18)23(19,21)22/h5-8,11-14H,9-10H2,1-4H3. The van der Waals surface area contributed by atoms with Crippen LogP contribution in [-0.4, -0.2) is 8.42 Å². The lowest BCUT2D eigenvalue weighted by molar-refractivity contribution is 0.598. The minimum absolute atomic E-state index is 0.460. The summed E-state index contributed by atoms with van der Waals surface area (Å²) in [5.74, 6) is 1.11. The first-order valence-corrected chi connectivity index (χ1v) is 9.78. The Morgan fingerprint density at radius 3 is 1.48 bits per heavy atom. The summed E-state index contributed by atoms with van der Waals surface area (Å²) in [6.45, 7) is 8.72. The highest BCUT2D eigenvalue weighted by Crippen LogP contribution is 2.44. The van der Waals surface area contributed by atoms with Gasteiger partial charge in [-0.15, -0.1) is 0 Å². The molecule has 1 aliphatic rings. The first-order chi connectivity index (χ1) is 10.8. The van der Waals surface area contributed by atoms with E-state index in [2.05, 4.69) is 39.8 Å². The van der Waals surface area contributed by atoms with Crippen molar-refractivity contribution >= 4 is 9.84 Å². The third-order valence-corrected chi connectivity index (χ3v) is 6.12. The predicted octanol–water partition coefficient (Wildman–Crippen LogP) is 4.90. The van der Waals surface area contributed by atoms with Crippen molar-refractivity contribution in [1.29, 1.82) is 0 Å². The molecule has 0 saturated carbocycles. The van der Waals surface area contributed by atoms with Gasteiger partial charge in [-0.2, -0.15) is 0 Å². The monoisotopic (exact) mass is 328 g/mol. The van der Waals surface area contributed by atoms with E-state index in [0.717, 1.165) is 24.0 Å². The molecule has 3 rings (SSSR count). The quantitative estimate of drug-likeness (QED) is 0.683. The van der Waals surface area contributed by atoms with E-state index in [-0.39, 0.29) is 0 Å². The summed E-state index contributed by atoms with van der Waals surface area (Å²) < 4.78 is 25.5.